The molecule has 1 aliphatic heterocycles. The number of esters is 1. The Hall–Kier alpha value is -2.37. The molecular weight excluding hydrogens is 260 g/mol. The maximum atomic E-state index is 12.0. The molecule has 0 spiro atoms. The van der Waals surface area contributed by atoms with E-state index < -0.39 is 23.4 Å². The summed E-state index contributed by atoms with van der Waals surface area (Å²) in [4.78, 5) is 35.1. The van der Waals surface area contributed by atoms with Crippen molar-refractivity contribution in [2.24, 2.45) is 0 Å². The van der Waals surface area contributed by atoms with Crippen LogP contribution in [0, 0.1) is 0 Å². The van der Waals surface area contributed by atoms with Gasteiger partial charge < -0.3 is 10.1 Å². The van der Waals surface area contributed by atoms with Gasteiger partial charge in [0.1, 0.15) is 5.54 Å². The van der Waals surface area contributed by atoms with E-state index in [0.717, 1.165) is 5.56 Å². The number of amides is 3. The molecule has 1 aromatic rings. The summed E-state index contributed by atoms with van der Waals surface area (Å²) >= 11 is 0. The second kappa shape index (κ2) is 5.73. The third-order valence-electron chi connectivity index (χ3n) is 3.11. The molecule has 2 N–H and O–H groups in total. The van der Waals surface area contributed by atoms with Crippen LogP contribution in [0.3, 0.4) is 0 Å². The highest BCUT2D eigenvalue weighted by atomic mass is 16.5. The fraction of sp³-hybridized carbons (Fsp3) is 0.357. The number of benzene rings is 1. The molecule has 0 aromatic heterocycles. The molecule has 6 heteroatoms. The van der Waals surface area contributed by atoms with Gasteiger partial charge >= 0.3 is 12.0 Å². The molecular formula is C14H16N2O4. The lowest BCUT2D eigenvalue weighted by molar-refractivity contribution is -0.146. The second-order valence-corrected chi connectivity index (χ2v) is 4.63. The number of urea groups is 1. The molecule has 1 saturated heterocycles. The van der Waals surface area contributed by atoms with Crippen molar-refractivity contribution < 1.29 is 19.1 Å². The average Bonchev–Trinajstić information content (AvgIpc) is 2.65. The topological polar surface area (TPSA) is 84.5 Å². The van der Waals surface area contributed by atoms with Gasteiger partial charge in [0.25, 0.3) is 5.91 Å². The lowest BCUT2D eigenvalue weighted by atomic mass is 9.87. The molecule has 1 aliphatic rings. The Morgan fingerprint density at radius 1 is 1.25 bits per heavy atom. The van der Waals surface area contributed by atoms with Crippen molar-refractivity contribution in [3.8, 4) is 0 Å². The SMILES string of the molecule is CCOC(=O)CC1(Cc2ccccc2)NC(=O)NC1=O. The number of hydrogen-bond acceptors (Lipinski definition) is 4. The monoisotopic (exact) mass is 276 g/mol. The first-order chi connectivity index (χ1) is 9.55. The standard InChI is InChI=1S/C14H16N2O4/c1-2-20-11(17)9-14(12(18)15-13(19)16-14)8-10-6-4-3-5-7-10/h3-7H,2,8-9H2,1H3,(H2,15,16,18,19). The number of rotatable bonds is 5. The number of nitrogens with one attached hydrogen (secondary N) is 2. The Morgan fingerprint density at radius 2 is 1.95 bits per heavy atom. The van der Waals surface area contributed by atoms with Gasteiger partial charge in [0.15, 0.2) is 0 Å². The van der Waals surface area contributed by atoms with E-state index in [-0.39, 0.29) is 19.4 Å². The van der Waals surface area contributed by atoms with Crippen molar-refractivity contribution in [3.63, 3.8) is 0 Å². The van der Waals surface area contributed by atoms with Crippen molar-refractivity contribution in [2.45, 2.75) is 25.3 Å². The normalized spacial score (nSPS) is 21.2. The van der Waals surface area contributed by atoms with Gasteiger partial charge in [-0.1, -0.05) is 30.3 Å². The van der Waals surface area contributed by atoms with E-state index >= 15 is 0 Å². The van der Waals surface area contributed by atoms with Crippen molar-refractivity contribution >= 4 is 17.9 Å². The zero-order valence-corrected chi connectivity index (χ0v) is 11.1. The summed E-state index contributed by atoms with van der Waals surface area (Å²) in [6.07, 6.45) is 0.0531. The highest BCUT2D eigenvalue weighted by Crippen LogP contribution is 2.22. The smallest absolute Gasteiger partial charge is 0.322 e. The number of ether oxygens (including phenoxy) is 1. The highest BCUT2D eigenvalue weighted by Gasteiger charge is 2.48. The summed E-state index contributed by atoms with van der Waals surface area (Å²) in [7, 11) is 0. The first-order valence-corrected chi connectivity index (χ1v) is 6.39. The molecule has 2 rings (SSSR count). The molecule has 0 saturated carbocycles. The summed E-state index contributed by atoms with van der Waals surface area (Å²) in [6.45, 7) is 1.92. The molecule has 0 bridgehead atoms. The van der Waals surface area contributed by atoms with Crippen molar-refractivity contribution in [2.75, 3.05) is 6.61 Å². The number of carbonyl (C=O) groups excluding carboxylic acids is 3. The molecule has 1 unspecified atom stereocenters. The lowest BCUT2D eigenvalue weighted by Crippen LogP contribution is -2.50. The van der Waals surface area contributed by atoms with E-state index in [1.54, 1.807) is 6.92 Å². The van der Waals surface area contributed by atoms with Crippen LogP contribution in [0.25, 0.3) is 0 Å². The van der Waals surface area contributed by atoms with Crippen LogP contribution in [0.2, 0.25) is 0 Å². The van der Waals surface area contributed by atoms with Crippen LogP contribution in [-0.2, 0) is 20.7 Å². The van der Waals surface area contributed by atoms with E-state index in [0.29, 0.717) is 0 Å². The summed E-state index contributed by atoms with van der Waals surface area (Å²) < 4.78 is 4.88. The van der Waals surface area contributed by atoms with Crippen LogP contribution in [0.5, 0.6) is 0 Å². The van der Waals surface area contributed by atoms with Gasteiger partial charge in [-0.05, 0) is 12.5 Å². The zero-order chi connectivity index (χ0) is 14.6. The van der Waals surface area contributed by atoms with Crippen molar-refractivity contribution in [3.05, 3.63) is 35.9 Å². The van der Waals surface area contributed by atoms with Crippen LogP contribution < -0.4 is 10.6 Å². The summed E-state index contributed by atoms with van der Waals surface area (Å²) in [5.41, 5.74) is -0.417. The van der Waals surface area contributed by atoms with E-state index in [9.17, 15) is 14.4 Å². The lowest BCUT2D eigenvalue weighted by Gasteiger charge is -2.25. The van der Waals surface area contributed by atoms with Gasteiger partial charge in [0, 0.05) is 6.42 Å². The van der Waals surface area contributed by atoms with Crippen molar-refractivity contribution in [1.82, 2.24) is 10.6 Å². The Morgan fingerprint density at radius 3 is 2.50 bits per heavy atom. The second-order valence-electron chi connectivity index (χ2n) is 4.63. The quantitative estimate of drug-likeness (QED) is 0.614. The largest absolute Gasteiger partial charge is 0.466 e. The van der Waals surface area contributed by atoms with Gasteiger partial charge in [-0.15, -0.1) is 0 Å². The molecule has 0 aliphatic carbocycles. The minimum atomic E-state index is -1.27. The summed E-state index contributed by atoms with van der Waals surface area (Å²) in [5, 5.41) is 4.73. The molecule has 1 aromatic carbocycles. The Bertz CT molecular complexity index is 529. The number of imide groups is 1. The van der Waals surface area contributed by atoms with Crippen LogP contribution in [-0.4, -0.2) is 30.1 Å². The maximum Gasteiger partial charge on any atom is 0.322 e. The Labute approximate surface area is 116 Å². The van der Waals surface area contributed by atoms with Crippen LogP contribution in [0.1, 0.15) is 18.9 Å². The summed E-state index contributed by atoms with van der Waals surface area (Å²) in [5.74, 6) is -1.01. The van der Waals surface area contributed by atoms with E-state index in [2.05, 4.69) is 10.6 Å². The average molecular weight is 276 g/mol. The number of carbonyl (C=O) groups is 3. The fourth-order valence-corrected chi connectivity index (χ4v) is 2.24. The molecule has 1 fully saturated rings. The van der Waals surface area contributed by atoms with Gasteiger partial charge in [0.05, 0.1) is 13.0 Å². The van der Waals surface area contributed by atoms with Crippen LogP contribution >= 0.6 is 0 Å². The van der Waals surface area contributed by atoms with E-state index in [1.807, 2.05) is 30.3 Å². The Balaban J connectivity index is 2.23. The molecule has 106 valence electrons. The summed E-state index contributed by atoms with van der Waals surface area (Å²) in [6, 6.07) is 8.61. The van der Waals surface area contributed by atoms with E-state index in [1.165, 1.54) is 0 Å². The first-order valence-electron chi connectivity index (χ1n) is 6.39. The van der Waals surface area contributed by atoms with Crippen LogP contribution in [0.15, 0.2) is 30.3 Å². The zero-order valence-electron chi connectivity index (χ0n) is 11.1. The van der Waals surface area contributed by atoms with Gasteiger partial charge in [-0.3, -0.25) is 14.9 Å². The van der Waals surface area contributed by atoms with E-state index in [4.69, 9.17) is 4.74 Å². The first kappa shape index (κ1) is 14.0. The molecule has 6 nitrogen and oxygen atoms in total. The molecule has 3 amide bonds. The third-order valence-corrected chi connectivity index (χ3v) is 3.11. The Kier molecular flexibility index (Phi) is 4.02. The molecule has 0 radical (unpaired) electrons. The number of hydrogen-bond donors (Lipinski definition) is 2. The minimum absolute atomic E-state index is 0.187. The minimum Gasteiger partial charge on any atom is -0.466 e. The molecule has 1 heterocycles. The maximum absolute atomic E-state index is 12.0. The predicted molar refractivity (Wildman–Crippen MR) is 70.8 cm³/mol. The van der Waals surface area contributed by atoms with Gasteiger partial charge in [-0.25, -0.2) is 4.79 Å². The van der Waals surface area contributed by atoms with Crippen molar-refractivity contribution in [1.29, 1.82) is 0 Å². The van der Waals surface area contributed by atoms with Gasteiger partial charge in [0.2, 0.25) is 0 Å². The molecule has 20 heavy (non-hydrogen) atoms. The predicted octanol–water partition coefficient (Wildman–Crippen LogP) is 0.760. The third kappa shape index (κ3) is 2.96. The molecule has 1 atom stereocenters. The van der Waals surface area contributed by atoms with Crippen LogP contribution in [0.4, 0.5) is 4.79 Å². The fourth-order valence-electron chi connectivity index (χ4n) is 2.24. The highest BCUT2D eigenvalue weighted by molar-refractivity contribution is 6.08. The van der Waals surface area contributed by atoms with Gasteiger partial charge in [-0.2, -0.15) is 0 Å².